The molecule has 228 valence electrons. The van der Waals surface area contributed by atoms with Gasteiger partial charge in [-0.25, -0.2) is 0 Å². The van der Waals surface area contributed by atoms with Crippen LogP contribution in [0.25, 0.3) is 0 Å². The van der Waals surface area contributed by atoms with Crippen molar-refractivity contribution in [2.45, 2.75) is 118 Å². The van der Waals surface area contributed by atoms with Crippen LogP contribution < -0.4 is 0 Å². The second-order valence-corrected chi connectivity index (χ2v) is 10.8. The summed E-state index contributed by atoms with van der Waals surface area (Å²) in [4.78, 5) is 58.9. The lowest BCUT2D eigenvalue weighted by atomic mass is 9.72. The topological polar surface area (TPSA) is 150 Å². The minimum atomic E-state index is -1.34. The van der Waals surface area contributed by atoms with Gasteiger partial charge in [-0.15, -0.1) is 0 Å². The standard InChI is InChI=1S/C29H40O12/c1-15-12-22(37-18(4)31)13-29(8,9)23(15)11-10-16(2)36-28-27(40-21(7)34)26(39-20(6)33)25(38-19(5)32)24(41-28)14-35-17(3)30/h16,22,24-28H,12-14H2,1-9H3/t16-,22-,24-,25-,26+,27-,28-/m1/s1. The molecule has 1 saturated heterocycles. The van der Waals surface area contributed by atoms with Crippen molar-refractivity contribution in [2.24, 2.45) is 5.41 Å². The molecular formula is C29H40O12. The molecule has 2 aliphatic rings. The molecule has 0 amide bonds. The van der Waals surface area contributed by atoms with Crippen LogP contribution in [0.1, 0.15) is 75.2 Å². The second kappa shape index (κ2) is 14.5. The Hall–Kier alpha value is -3.43. The van der Waals surface area contributed by atoms with Crippen LogP contribution in [-0.2, 0) is 57.1 Å². The minimum absolute atomic E-state index is 0.237. The molecule has 12 heteroatoms. The summed E-state index contributed by atoms with van der Waals surface area (Å²) in [6.07, 6.45) is -6.26. The number of rotatable bonds is 8. The molecule has 0 bridgehead atoms. The fourth-order valence-corrected chi connectivity index (χ4v) is 5.07. The molecule has 1 fully saturated rings. The van der Waals surface area contributed by atoms with Gasteiger partial charge in [0.1, 0.15) is 24.9 Å². The van der Waals surface area contributed by atoms with E-state index < -0.39 is 60.7 Å². The number of ether oxygens (including phenoxy) is 7. The van der Waals surface area contributed by atoms with Crippen LogP contribution in [-0.4, -0.2) is 79.4 Å². The van der Waals surface area contributed by atoms with Gasteiger partial charge in [0.15, 0.2) is 18.3 Å². The third-order valence-electron chi connectivity index (χ3n) is 6.39. The van der Waals surface area contributed by atoms with E-state index in [0.717, 1.165) is 31.9 Å². The maximum absolute atomic E-state index is 12.0. The highest BCUT2D eigenvalue weighted by molar-refractivity contribution is 5.69. The van der Waals surface area contributed by atoms with E-state index in [2.05, 4.69) is 11.8 Å². The smallest absolute Gasteiger partial charge is 0.303 e. The van der Waals surface area contributed by atoms with Gasteiger partial charge in [0.2, 0.25) is 6.29 Å². The monoisotopic (exact) mass is 580 g/mol. The van der Waals surface area contributed by atoms with E-state index in [0.29, 0.717) is 12.8 Å². The number of allylic oxidation sites excluding steroid dienone is 1. The van der Waals surface area contributed by atoms with Crippen LogP contribution in [0, 0.1) is 17.3 Å². The van der Waals surface area contributed by atoms with Crippen LogP contribution in [0.3, 0.4) is 0 Å². The van der Waals surface area contributed by atoms with Gasteiger partial charge < -0.3 is 33.2 Å². The lowest BCUT2D eigenvalue weighted by Gasteiger charge is -2.44. The highest BCUT2D eigenvalue weighted by Gasteiger charge is 2.53. The zero-order valence-electron chi connectivity index (χ0n) is 25.1. The minimum Gasteiger partial charge on any atom is -0.463 e. The van der Waals surface area contributed by atoms with Crippen LogP contribution in [0.4, 0.5) is 0 Å². The van der Waals surface area contributed by atoms with E-state index in [4.69, 9.17) is 33.2 Å². The van der Waals surface area contributed by atoms with E-state index >= 15 is 0 Å². The van der Waals surface area contributed by atoms with Crippen molar-refractivity contribution < 1.29 is 57.1 Å². The van der Waals surface area contributed by atoms with Crippen molar-refractivity contribution in [1.29, 1.82) is 0 Å². The number of hydrogen-bond donors (Lipinski definition) is 0. The summed E-state index contributed by atoms with van der Waals surface area (Å²) in [5, 5.41) is 0. The molecule has 0 aromatic carbocycles. The Kier molecular flexibility index (Phi) is 11.9. The van der Waals surface area contributed by atoms with Gasteiger partial charge >= 0.3 is 29.8 Å². The summed E-state index contributed by atoms with van der Waals surface area (Å²) < 4.78 is 38.7. The Balaban J connectivity index is 2.39. The third kappa shape index (κ3) is 10.2. The van der Waals surface area contributed by atoms with Gasteiger partial charge in [-0.2, -0.15) is 0 Å². The fourth-order valence-electron chi connectivity index (χ4n) is 5.07. The molecule has 0 spiro atoms. The van der Waals surface area contributed by atoms with Crippen molar-refractivity contribution in [1.82, 2.24) is 0 Å². The van der Waals surface area contributed by atoms with Crippen molar-refractivity contribution in [3.8, 4) is 11.8 Å². The molecule has 1 heterocycles. The van der Waals surface area contributed by atoms with Crippen molar-refractivity contribution >= 4 is 29.8 Å². The van der Waals surface area contributed by atoms with Gasteiger partial charge in [-0.05, 0) is 20.3 Å². The quantitative estimate of drug-likeness (QED) is 0.236. The Morgan fingerprint density at radius 3 is 1.90 bits per heavy atom. The van der Waals surface area contributed by atoms with Gasteiger partial charge in [0, 0.05) is 52.0 Å². The van der Waals surface area contributed by atoms with E-state index in [-0.39, 0.29) is 24.1 Å². The maximum atomic E-state index is 12.0. The average Bonchev–Trinajstić information content (AvgIpc) is 2.79. The largest absolute Gasteiger partial charge is 0.463 e. The van der Waals surface area contributed by atoms with Gasteiger partial charge in [0.05, 0.1) is 0 Å². The summed E-state index contributed by atoms with van der Waals surface area (Å²) in [7, 11) is 0. The first-order chi connectivity index (χ1) is 19.0. The molecule has 12 nitrogen and oxygen atoms in total. The molecule has 2 rings (SSSR count). The molecule has 7 atom stereocenters. The van der Waals surface area contributed by atoms with Crippen molar-refractivity contribution in [3.63, 3.8) is 0 Å². The molecule has 41 heavy (non-hydrogen) atoms. The highest BCUT2D eigenvalue weighted by Crippen LogP contribution is 2.41. The van der Waals surface area contributed by atoms with Crippen LogP contribution in [0.15, 0.2) is 11.1 Å². The summed E-state index contributed by atoms with van der Waals surface area (Å²) >= 11 is 0. The van der Waals surface area contributed by atoms with Crippen molar-refractivity contribution in [3.05, 3.63) is 11.1 Å². The highest BCUT2D eigenvalue weighted by atomic mass is 16.7. The van der Waals surface area contributed by atoms with Gasteiger partial charge in [0.25, 0.3) is 0 Å². The maximum Gasteiger partial charge on any atom is 0.303 e. The van der Waals surface area contributed by atoms with E-state index in [1.54, 1.807) is 6.92 Å². The predicted molar refractivity (Wildman–Crippen MR) is 142 cm³/mol. The molecular weight excluding hydrogens is 540 g/mol. The number of carbonyl (C=O) groups excluding carboxylic acids is 5. The first-order valence-corrected chi connectivity index (χ1v) is 13.3. The van der Waals surface area contributed by atoms with Crippen LogP contribution in [0.2, 0.25) is 0 Å². The molecule has 1 aliphatic carbocycles. The molecule has 0 aromatic rings. The SMILES string of the molecule is CC(=O)OC[C@H]1O[C@@H](O[C@H](C)C#CC2=C(C)C[C@@H](OC(C)=O)CC2(C)C)[C@H](OC(C)=O)[C@@H](OC(C)=O)[C@@H]1OC(C)=O. The number of hydrogen-bond acceptors (Lipinski definition) is 12. The summed E-state index contributed by atoms with van der Waals surface area (Å²) in [6, 6.07) is 0. The number of carbonyl (C=O) groups is 5. The average molecular weight is 581 g/mol. The number of esters is 5. The molecule has 0 aromatic heterocycles. The van der Waals surface area contributed by atoms with Crippen molar-refractivity contribution in [2.75, 3.05) is 6.61 Å². The Labute approximate surface area is 240 Å². The van der Waals surface area contributed by atoms with Gasteiger partial charge in [-0.1, -0.05) is 31.3 Å². The molecule has 0 unspecified atom stereocenters. The second-order valence-electron chi connectivity index (χ2n) is 10.8. The fraction of sp³-hybridized carbons (Fsp3) is 0.690. The zero-order chi connectivity index (χ0) is 31.1. The zero-order valence-corrected chi connectivity index (χ0v) is 25.1. The normalized spacial score (nSPS) is 27.8. The first-order valence-electron chi connectivity index (χ1n) is 13.3. The van der Waals surface area contributed by atoms with E-state index in [1.807, 2.05) is 20.8 Å². The van der Waals surface area contributed by atoms with Crippen LogP contribution in [0.5, 0.6) is 0 Å². The molecule has 0 N–H and O–H groups in total. The third-order valence-corrected chi connectivity index (χ3v) is 6.39. The van der Waals surface area contributed by atoms with Gasteiger partial charge in [-0.3, -0.25) is 24.0 Å². The Bertz CT molecular complexity index is 1110. The molecule has 0 radical (unpaired) electrons. The molecule has 1 aliphatic heterocycles. The Morgan fingerprint density at radius 2 is 1.39 bits per heavy atom. The Morgan fingerprint density at radius 1 is 0.854 bits per heavy atom. The van der Waals surface area contributed by atoms with E-state index in [1.165, 1.54) is 13.8 Å². The summed E-state index contributed by atoms with van der Waals surface area (Å²) in [6.45, 7) is 13.3. The van der Waals surface area contributed by atoms with E-state index in [9.17, 15) is 24.0 Å². The first kappa shape index (κ1) is 33.8. The summed E-state index contributed by atoms with van der Waals surface area (Å²) in [5.74, 6) is 3.09. The van der Waals surface area contributed by atoms with Crippen LogP contribution >= 0.6 is 0 Å². The molecule has 0 saturated carbocycles. The lowest BCUT2D eigenvalue weighted by molar-refractivity contribution is -0.312. The predicted octanol–water partition coefficient (Wildman–Crippen LogP) is 2.55. The summed E-state index contributed by atoms with van der Waals surface area (Å²) in [5.41, 5.74) is 1.50. The lowest BCUT2D eigenvalue weighted by Crippen LogP contribution is -2.63.